The van der Waals surface area contributed by atoms with Gasteiger partial charge in [-0.05, 0) is 41.5 Å². The van der Waals surface area contributed by atoms with E-state index >= 15 is 0 Å². The van der Waals surface area contributed by atoms with Crippen molar-refractivity contribution < 1.29 is 10.2 Å². The average Bonchev–Trinajstić information content (AvgIpc) is 2.35. The number of hydrogen-bond acceptors (Lipinski definition) is 2. The molecule has 2 aromatic carbocycles. The molecule has 0 radical (unpaired) electrons. The Morgan fingerprint density at radius 1 is 0.800 bits per heavy atom. The number of benzene rings is 2. The fourth-order valence-electron chi connectivity index (χ4n) is 2.51. The Morgan fingerprint density at radius 2 is 1.30 bits per heavy atom. The number of aryl methyl sites for hydroxylation is 2. The summed E-state index contributed by atoms with van der Waals surface area (Å²) in [6.45, 7) is 5.93. The zero-order valence-electron chi connectivity index (χ0n) is 12.4. The monoisotopic (exact) mass is 270 g/mol. The van der Waals surface area contributed by atoms with Crippen molar-refractivity contribution in [1.29, 1.82) is 0 Å². The topological polar surface area (TPSA) is 40.5 Å². The highest BCUT2D eigenvalue weighted by molar-refractivity contribution is 5.50. The lowest BCUT2D eigenvalue weighted by Gasteiger charge is -2.22. The molecule has 0 atom stereocenters. The van der Waals surface area contributed by atoms with Crippen LogP contribution in [-0.4, -0.2) is 10.2 Å². The first-order valence-electron chi connectivity index (χ1n) is 6.97. The Bertz CT molecular complexity index is 557. The second-order valence-electron chi connectivity index (χ2n) is 6.24. The van der Waals surface area contributed by atoms with Gasteiger partial charge in [-0.25, -0.2) is 0 Å². The van der Waals surface area contributed by atoms with Crippen molar-refractivity contribution in [3.8, 4) is 11.5 Å². The third-order valence-corrected chi connectivity index (χ3v) is 3.45. The second kappa shape index (κ2) is 5.58. The lowest BCUT2D eigenvalue weighted by molar-refractivity contribution is 0.409. The zero-order valence-corrected chi connectivity index (χ0v) is 12.4. The summed E-state index contributed by atoms with van der Waals surface area (Å²) in [5.74, 6) is 0.362. The maximum Gasteiger partial charge on any atom is 0.123 e. The highest BCUT2D eigenvalue weighted by Crippen LogP contribution is 2.38. The molecule has 0 heterocycles. The smallest absolute Gasteiger partial charge is 0.123 e. The van der Waals surface area contributed by atoms with E-state index in [1.807, 2.05) is 39.0 Å². The normalized spacial score (nSPS) is 11.6. The van der Waals surface area contributed by atoms with Crippen molar-refractivity contribution in [2.24, 2.45) is 0 Å². The highest BCUT2D eigenvalue weighted by atomic mass is 16.3. The predicted octanol–water partition coefficient (Wildman–Crippen LogP) is 4.18. The molecule has 0 amide bonds. The third-order valence-electron chi connectivity index (χ3n) is 3.45. The molecule has 0 saturated heterocycles. The van der Waals surface area contributed by atoms with Gasteiger partial charge < -0.3 is 10.2 Å². The summed E-state index contributed by atoms with van der Waals surface area (Å²) in [5, 5.41) is 20.3. The third kappa shape index (κ3) is 3.32. The number of phenolic OH excluding ortho intramolecular Hbond substituents is 2. The molecule has 0 aliphatic heterocycles. The molecule has 2 heteroatoms. The van der Waals surface area contributed by atoms with E-state index < -0.39 is 0 Å². The van der Waals surface area contributed by atoms with E-state index in [9.17, 15) is 10.2 Å². The Morgan fingerprint density at radius 3 is 1.80 bits per heavy atom. The van der Waals surface area contributed by atoms with E-state index in [1.165, 1.54) is 5.56 Å². The van der Waals surface area contributed by atoms with E-state index in [-0.39, 0.29) is 16.9 Å². The molecule has 2 nitrogen and oxygen atoms in total. The molecule has 0 aliphatic rings. The highest BCUT2D eigenvalue weighted by Gasteiger charge is 2.22. The van der Waals surface area contributed by atoms with Gasteiger partial charge in [-0.3, -0.25) is 0 Å². The molecule has 2 aromatic rings. The van der Waals surface area contributed by atoms with Crippen molar-refractivity contribution in [1.82, 2.24) is 0 Å². The maximum absolute atomic E-state index is 10.1. The van der Waals surface area contributed by atoms with Crippen LogP contribution in [0.3, 0.4) is 0 Å². The molecule has 0 aromatic heterocycles. The molecule has 20 heavy (non-hydrogen) atoms. The van der Waals surface area contributed by atoms with Crippen molar-refractivity contribution in [3.05, 3.63) is 59.2 Å². The van der Waals surface area contributed by atoms with Gasteiger partial charge in [-0.2, -0.15) is 0 Å². The van der Waals surface area contributed by atoms with E-state index in [0.29, 0.717) is 5.56 Å². The van der Waals surface area contributed by atoms with E-state index in [4.69, 9.17) is 0 Å². The van der Waals surface area contributed by atoms with Gasteiger partial charge in [-0.15, -0.1) is 0 Å². The van der Waals surface area contributed by atoms with E-state index in [0.717, 1.165) is 18.4 Å². The summed E-state index contributed by atoms with van der Waals surface area (Å²) in [5.41, 5.74) is 2.55. The molecule has 0 bridgehead atoms. The van der Waals surface area contributed by atoms with Gasteiger partial charge in [0.1, 0.15) is 11.5 Å². The van der Waals surface area contributed by atoms with Gasteiger partial charge in [0.15, 0.2) is 0 Å². The molecule has 0 spiro atoms. The molecular weight excluding hydrogens is 248 g/mol. The molecular formula is C18H22O2. The summed E-state index contributed by atoms with van der Waals surface area (Å²) >= 11 is 0. The fraction of sp³-hybridized carbons (Fsp3) is 0.333. The largest absolute Gasteiger partial charge is 0.507 e. The molecule has 2 N–H and O–H groups in total. The van der Waals surface area contributed by atoms with Crippen LogP contribution in [0.1, 0.15) is 37.5 Å². The first-order valence-corrected chi connectivity index (χ1v) is 6.97. The Kier molecular flexibility index (Phi) is 4.03. The van der Waals surface area contributed by atoms with Gasteiger partial charge in [0.2, 0.25) is 0 Å². The zero-order chi connectivity index (χ0) is 14.8. The lowest BCUT2D eigenvalue weighted by atomic mass is 9.84. The first kappa shape index (κ1) is 14.4. The van der Waals surface area contributed by atoms with Gasteiger partial charge in [0, 0.05) is 5.56 Å². The minimum absolute atomic E-state index is 0.181. The van der Waals surface area contributed by atoms with Crippen LogP contribution in [0.25, 0.3) is 0 Å². The average molecular weight is 270 g/mol. The van der Waals surface area contributed by atoms with E-state index in [2.05, 4.69) is 12.1 Å². The summed E-state index contributed by atoms with van der Waals surface area (Å²) in [4.78, 5) is 0. The SMILES string of the molecule is CC(C)(C)c1c(O)cc(CCc2ccccc2)cc1O. The minimum Gasteiger partial charge on any atom is -0.507 e. The summed E-state index contributed by atoms with van der Waals surface area (Å²) in [7, 11) is 0. The Balaban J connectivity index is 2.19. The molecule has 106 valence electrons. The molecule has 0 aliphatic carbocycles. The molecule has 2 rings (SSSR count). The minimum atomic E-state index is -0.272. The summed E-state index contributed by atoms with van der Waals surface area (Å²) in [6.07, 6.45) is 1.70. The molecule has 0 fully saturated rings. The van der Waals surface area contributed by atoms with Crippen molar-refractivity contribution in [2.75, 3.05) is 0 Å². The van der Waals surface area contributed by atoms with Crippen molar-refractivity contribution >= 4 is 0 Å². The van der Waals surface area contributed by atoms with Crippen molar-refractivity contribution in [2.45, 2.75) is 39.0 Å². The molecule has 0 saturated carbocycles. The van der Waals surface area contributed by atoms with Crippen LogP contribution in [-0.2, 0) is 18.3 Å². The Hall–Kier alpha value is -1.96. The van der Waals surface area contributed by atoms with Gasteiger partial charge in [0.25, 0.3) is 0 Å². The maximum atomic E-state index is 10.1. The first-order chi connectivity index (χ1) is 9.38. The molecule has 0 unspecified atom stereocenters. The van der Waals surface area contributed by atoms with E-state index in [1.54, 1.807) is 12.1 Å². The standard InChI is InChI=1S/C18H22O2/c1-18(2,3)17-15(19)11-14(12-16(17)20)10-9-13-7-5-4-6-8-13/h4-8,11-12,19-20H,9-10H2,1-3H3. The van der Waals surface area contributed by atoms with Crippen LogP contribution in [0.4, 0.5) is 0 Å². The second-order valence-corrected chi connectivity index (χ2v) is 6.24. The van der Waals surface area contributed by atoms with Crippen LogP contribution in [0.15, 0.2) is 42.5 Å². The number of aromatic hydroxyl groups is 2. The number of phenols is 2. The van der Waals surface area contributed by atoms with Crippen LogP contribution < -0.4 is 0 Å². The number of rotatable bonds is 3. The summed E-state index contributed by atoms with van der Waals surface area (Å²) in [6, 6.07) is 13.7. The van der Waals surface area contributed by atoms with Gasteiger partial charge in [-0.1, -0.05) is 51.1 Å². The van der Waals surface area contributed by atoms with Crippen molar-refractivity contribution in [3.63, 3.8) is 0 Å². The predicted molar refractivity (Wildman–Crippen MR) is 82.3 cm³/mol. The lowest BCUT2D eigenvalue weighted by Crippen LogP contribution is -2.12. The summed E-state index contributed by atoms with van der Waals surface area (Å²) < 4.78 is 0. The Labute approximate surface area is 120 Å². The number of hydrogen-bond donors (Lipinski definition) is 2. The fourth-order valence-corrected chi connectivity index (χ4v) is 2.51. The van der Waals surface area contributed by atoms with Gasteiger partial charge in [0.05, 0.1) is 0 Å². The van der Waals surface area contributed by atoms with Crippen LogP contribution >= 0.6 is 0 Å². The van der Waals surface area contributed by atoms with Crippen LogP contribution in [0.2, 0.25) is 0 Å². The van der Waals surface area contributed by atoms with Crippen LogP contribution in [0, 0.1) is 0 Å². The van der Waals surface area contributed by atoms with Gasteiger partial charge >= 0.3 is 0 Å². The quantitative estimate of drug-likeness (QED) is 0.878. The van der Waals surface area contributed by atoms with Crippen LogP contribution in [0.5, 0.6) is 11.5 Å².